The summed E-state index contributed by atoms with van der Waals surface area (Å²) in [5.41, 5.74) is 3.90. The lowest BCUT2D eigenvalue weighted by Crippen LogP contribution is -2.25. The topological polar surface area (TPSA) is 24.9 Å². The minimum atomic E-state index is -2.71. The Morgan fingerprint density at radius 1 is 0.633 bits per heavy atom. The number of hydrogen-bond acceptors (Lipinski definition) is 4. The van der Waals surface area contributed by atoms with Crippen molar-refractivity contribution in [2.45, 2.75) is 13.1 Å². The van der Waals surface area contributed by atoms with Gasteiger partial charge < -0.3 is 9.05 Å². The standard InChI is InChI=1S/C20H16Cl2N2O2P2S2/c21-27(29)23(13-15-5-1-3-7-19(15)25-27)17-9-11-18(12-10-17)24-14-16-6-2-4-8-20(16)26-28(24,22)30/h1-12H,13-14H2. The molecule has 0 fully saturated rings. The van der Waals surface area contributed by atoms with Crippen molar-refractivity contribution >= 4 is 69.0 Å². The Kier molecular flexibility index (Phi) is 5.30. The summed E-state index contributed by atoms with van der Waals surface area (Å²) in [5.74, 6) is -3.89. The molecular formula is C20H16Cl2N2O2P2S2. The van der Waals surface area contributed by atoms with Crippen molar-refractivity contribution in [3.63, 3.8) is 0 Å². The third kappa shape index (κ3) is 3.75. The smallest absolute Gasteiger partial charge is 0.296 e. The van der Waals surface area contributed by atoms with Crippen LogP contribution >= 0.6 is 34.0 Å². The third-order valence-electron chi connectivity index (χ3n) is 5.03. The molecule has 3 aromatic rings. The monoisotopic (exact) mass is 512 g/mol. The number of fused-ring (bicyclic) bond motifs is 2. The van der Waals surface area contributed by atoms with E-state index in [1.165, 1.54) is 0 Å². The van der Waals surface area contributed by atoms with E-state index < -0.39 is 11.5 Å². The van der Waals surface area contributed by atoms with E-state index in [-0.39, 0.29) is 0 Å². The first-order chi connectivity index (χ1) is 14.3. The average Bonchev–Trinajstić information content (AvgIpc) is 2.72. The predicted molar refractivity (Wildman–Crippen MR) is 133 cm³/mol. The van der Waals surface area contributed by atoms with Crippen molar-refractivity contribution < 1.29 is 9.05 Å². The number of rotatable bonds is 2. The van der Waals surface area contributed by atoms with Crippen molar-refractivity contribution in [2.24, 2.45) is 0 Å². The highest BCUT2D eigenvalue weighted by Crippen LogP contribution is 2.63. The molecule has 0 spiro atoms. The SMILES string of the molecule is S=P1(Cl)Oc2ccccc2CN1c1ccc(N2Cc3ccccc3OP2(=S)Cl)cc1. The van der Waals surface area contributed by atoms with Gasteiger partial charge in [0.05, 0.1) is 13.1 Å². The molecule has 154 valence electrons. The van der Waals surface area contributed by atoms with Crippen molar-refractivity contribution in [3.8, 4) is 11.5 Å². The maximum atomic E-state index is 6.66. The Morgan fingerprint density at radius 3 is 1.40 bits per heavy atom. The quantitative estimate of drug-likeness (QED) is 0.331. The van der Waals surface area contributed by atoms with E-state index in [0.717, 1.165) is 34.0 Å². The van der Waals surface area contributed by atoms with Crippen LogP contribution in [0.1, 0.15) is 11.1 Å². The van der Waals surface area contributed by atoms with Crippen molar-refractivity contribution in [3.05, 3.63) is 83.9 Å². The van der Waals surface area contributed by atoms with Gasteiger partial charge >= 0.3 is 0 Å². The molecule has 3 aromatic carbocycles. The number of anilines is 2. The molecule has 2 aliphatic rings. The van der Waals surface area contributed by atoms with Crippen molar-refractivity contribution in [1.82, 2.24) is 0 Å². The van der Waals surface area contributed by atoms with Gasteiger partial charge in [-0.3, -0.25) is 9.34 Å². The first kappa shape index (κ1) is 20.6. The molecule has 0 amide bonds. The second-order valence-electron chi connectivity index (χ2n) is 6.93. The molecule has 2 atom stereocenters. The molecule has 2 aliphatic heterocycles. The first-order valence-electron chi connectivity index (χ1n) is 9.14. The minimum Gasteiger partial charge on any atom is -0.437 e. The van der Waals surface area contributed by atoms with Crippen LogP contribution in [0, 0.1) is 0 Å². The fourth-order valence-corrected chi connectivity index (χ4v) is 8.72. The highest BCUT2D eigenvalue weighted by Gasteiger charge is 2.34. The zero-order chi connectivity index (χ0) is 20.9. The van der Waals surface area contributed by atoms with Crippen molar-refractivity contribution in [2.75, 3.05) is 9.34 Å². The van der Waals surface area contributed by atoms with Gasteiger partial charge in [-0.15, -0.1) is 0 Å². The lowest BCUT2D eigenvalue weighted by atomic mass is 10.2. The largest absolute Gasteiger partial charge is 0.437 e. The van der Waals surface area contributed by atoms with Gasteiger partial charge in [-0.25, -0.2) is 0 Å². The van der Waals surface area contributed by atoms with E-state index in [1.54, 1.807) is 0 Å². The van der Waals surface area contributed by atoms with Crippen LogP contribution in [-0.4, -0.2) is 0 Å². The van der Waals surface area contributed by atoms with Gasteiger partial charge in [-0.2, -0.15) is 0 Å². The Labute approximate surface area is 195 Å². The Balaban J connectivity index is 1.45. The molecular weight excluding hydrogens is 497 g/mol. The first-order valence-corrected chi connectivity index (χ1v) is 16.3. The van der Waals surface area contributed by atoms with Crippen LogP contribution in [0.4, 0.5) is 11.4 Å². The summed E-state index contributed by atoms with van der Waals surface area (Å²) < 4.78 is 15.8. The molecule has 2 heterocycles. The fourth-order valence-electron chi connectivity index (χ4n) is 3.54. The molecule has 4 nitrogen and oxygen atoms in total. The van der Waals surface area contributed by atoms with Crippen LogP contribution in [0.3, 0.4) is 0 Å². The molecule has 2 unspecified atom stereocenters. The van der Waals surface area contributed by atoms with Crippen LogP contribution in [-0.2, 0) is 36.7 Å². The van der Waals surface area contributed by atoms with Gasteiger partial charge in [0.25, 0.3) is 11.5 Å². The van der Waals surface area contributed by atoms with Gasteiger partial charge in [-0.1, -0.05) is 36.4 Å². The second-order valence-corrected chi connectivity index (χ2v) is 17.0. The molecule has 5 rings (SSSR count). The number of para-hydroxylation sites is 2. The van der Waals surface area contributed by atoms with Crippen LogP contribution < -0.4 is 18.4 Å². The van der Waals surface area contributed by atoms with Gasteiger partial charge in [0, 0.05) is 22.5 Å². The molecule has 0 aliphatic carbocycles. The zero-order valence-electron chi connectivity index (χ0n) is 15.5. The average molecular weight is 513 g/mol. The summed E-state index contributed by atoms with van der Waals surface area (Å²) in [6, 6.07) is 23.6. The Bertz CT molecular complexity index is 1130. The van der Waals surface area contributed by atoms with E-state index >= 15 is 0 Å². The normalized spacial score (nSPS) is 25.0. The maximum Gasteiger partial charge on any atom is 0.296 e. The van der Waals surface area contributed by atoms with Crippen LogP contribution in [0.15, 0.2) is 72.8 Å². The van der Waals surface area contributed by atoms with Crippen LogP contribution in [0.5, 0.6) is 11.5 Å². The highest BCUT2D eigenvalue weighted by atomic mass is 35.7. The van der Waals surface area contributed by atoms with Gasteiger partial charge in [0.15, 0.2) is 0 Å². The number of nitrogens with zero attached hydrogens (tertiary/aromatic N) is 2. The van der Waals surface area contributed by atoms with Crippen LogP contribution in [0.2, 0.25) is 0 Å². The molecule has 0 saturated heterocycles. The fraction of sp³-hybridized carbons (Fsp3) is 0.100. The third-order valence-corrected chi connectivity index (χ3v) is 10.9. The molecule has 0 aromatic heterocycles. The predicted octanol–water partition coefficient (Wildman–Crippen LogP) is 7.41. The minimum absolute atomic E-state index is 0.601. The molecule has 0 bridgehead atoms. The summed E-state index contributed by atoms with van der Waals surface area (Å²) in [6.45, 7) is 1.20. The van der Waals surface area contributed by atoms with Gasteiger partial charge in [0.2, 0.25) is 0 Å². The summed E-state index contributed by atoms with van der Waals surface area (Å²) in [4.78, 5) is 0. The van der Waals surface area contributed by atoms with E-state index in [0.29, 0.717) is 13.1 Å². The van der Waals surface area contributed by atoms with Crippen molar-refractivity contribution in [1.29, 1.82) is 0 Å². The van der Waals surface area contributed by atoms with E-state index in [9.17, 15) is 0 Å². The number of benzene rings is 3. The molecule has 30 heavy (non-hydrogen) atoms. The highest BCUT2D eigenvalue weighted by molar-refractivity contribution is 8.26. The lowest BCUT2D eigenvalue weighted by Gasteiger charge is -2.38. The summed E-state index contributed by atoms with van der Waals surface area (Å²) in [7, 11) is 0. The Hall–Kier alpha value is -1.26. The van der Waals surface area contributed by atoms with Gasteiger partial charge in [-0.05, 0) is 82.5 Å². The molecule has 10 heteroatoms. The summed E-state index contributed by atoms with van der Waals surface area (Å²) in [5, 5.41) is 0. The Morgan fingerprint density at radius 2 is 1.00 bits per heavy atom. The van der Waals surface area contributed by atoms with E-state index in [1.807, 2.05) is 82.1 Å². The van der Waals surface area contributed by atoms with E-state index in [4.69, 9.17) is 55.1 Å². The van der Waals surface area contributed by atoms with Gasteiger partial charge in [0.1, 0.15) is 11.5 Å². The zero-order valence-corrected chi connectivity index (χ0v) is 20.5. The summed E-state index contributed by atoms with van der Waals surface area (Å²) in [6.07, 6.45) is 0. The summed E-state index contributed by atoms with van der Waals surface area (Å²) >= 11 is 24.6. The number of halogens is 2. The lowest BCUT2D eigenvalue weighted by molar-refractivity contribution is 0.588. The van der Waals surface area contributed by atoms with Crippen LogP contribution in [0.25, 0.3) is 0 Å². The second kappa shape index (κ2) is 7.70. The molecule has 0 radical (unpaired) electrons. The number of hydrogen-bond donors (Lipinski definition) is 0. The molecule has 0 saturated carbocycles. The molecule has 0 N–H and O–H groups in total. The van der Waals surface area contributed by atoms with E-state index in [2.05, 4.69) is 0 Å². The maximum absolute atomic E-state index is 6.66.